The average Bonchev–Trinajstić information content (AvgIpc) is 3.01. The van der Waals surface area contributed by atoms with E-state index in [1.807, 2.05) is 0 Å². The molecule has 4 nitrogen and oxygen atoms in total. The van der Waals surface area contributed by atoms with Crippen LogP contribution in [0.25, 0.3) is 0 Å². The van der Waals surface area contributed by atoms with E-state index in [1.54, 1.807) is 34.1 Å². The molecule has 0 spiro atoms. The summed E-state index contributed by atoms with van der Waals surface area (Å²) in [5, 5.41) is 0. The van der Waals surface area contributed by atoms with Gasteiger partial charge in [0.2, 0.25) is 0 Å². The summed E-state index contributed by atoms with van der Waals surface area (Å²) in [4.78, 5) is 28.5. The van der Waals surface area contributed by atoms with Gasteiger partial charge in [-0.3, -0.25) is 9.59 Å². The van der Waals surface area contributed by atoms with Crippen LogP contribution < -0.4 is 0 Å². The van der Waals surface area contributed by atoms with Gasteiger partial charge in [0.1, 0.15) is 5.82 Å². The normalized spacial score (nSPS) is 14.9. The van der Waals surface area contributed by atoms with E-state index in [-0.39, 0.29) is 17.4 Å². The predicted molar refractivity (Wildman–Crippen MR) is 87.5 cm³/mol. The Bertz CT molecular complexity index is 741. The molecule has 0 atom stereocenters. The smallest absolute Gasteiger partial charge is 0.264 e. The highest BCUT2D eigenvalue weighted by molar-refractivity contribution is 7.17. The van der Waals surface area contributed by atoms with Crippen LogP contribution in [0.3, 0.4) is 0 Å². The third-order valence-electron chi connectivity index (χ3n) is 3.74. The zero-order valence-corrected chi connectivity index (χ0v) is 13.7. The zero-order chi connectivity index (χ0) is 16.4. The van der Waals surface area contributed by atoms with Crippen molar-refractivity contribution < 1.29 is 14.0 Å². The van der Waals surface area contributed by atoms with Crippen LogP contribution in [-0.4, -0.2) is 47.8 Å². The van der Waals surface area contributed by atoms with E-state index in [9.17, 15) is 14.0 Å². The summed E-state index contributed by atoms with van der Waals surface area (Å²) in [6.45, 7) is 1.62. The van der Waals surface area contributed by atoms with Crippen molar-refractivity contribution in [3.05, 3.63) is 57.0 Å². The molecule has 1 aromatic carbocycles. The summed E-state index contributed by atoms with van der Waals surface area (Å²) in [7, 11) is 0. The fourth-order valence-electron chi connectivity index (χ4n) is 2.50. The summed E-state index contributed by atoms with van der Waals surface area (Å²) >= 11 is 7.09. The van der Waals surface area contributed by atoms with Crippen molar-refractivity contribution in [1.29, 1.82) is 0 Å². The van der Waals surface area contributed by atoms with Crippen molar-refractivity contribution in [3.63, 3.8) is 0 Å². The Labute approximate surface area is 142 Å². The minimum atomic E-state index is -0.524. The molecule has 1 aromatic heterocycles. The molecule has 2 aromatic rings. The molecular weight excluding hydrogens is 339 g/mol. The maximum Gasteiger partial charge on any atom is 0.264 e. The van der Waals surface area contributed by atoms with E-state index in [1.165, 1.54) is 23.5 Å². The number of amides is 2. The first-order valence-electron chi connectivity index (χ1n) is 7.14. The molecule has 3 rings (SSSR count). The number of hydrogen-bond donors (Lipinski definition) is 0. The van der Waals surface area contributed by atoms with Gasteiger partial charge in [0, 0.05) is 26.2 Å². The van der Waals surface area contributed by atoms with Gasteiger partial charge < -0.3 is 9.80 Å². The summed E-state index contributed by atoms with van der Waals surface area (Å²) in [6.07, 6.45) is 0. The summed E-state index contributed by atoms with van der Waals surface area (Å²) < 4.78 is 14.3. The Balaban J connectivity index is 1.63. The van der Waals surface area contributed by atoms with Crippen LogP contribution in [0.2, 0.25) is 4.34 Å². The minimum Gasteiger partial charge on any atom is -0.335 e. The third-order valence-corrected chi connectivity index (χ3v) is 4.96. The lowest BCUT2D eigenvalue weighted by atomic mass is 10.1. The first-order valence-corrected chi connectivity index (χ1v) is 8.34. The highest BCUT2D eigenvalue weighted by Crippen LogP contribution is 2.23. The molecule has 23 heavy (non-hydrogen) atoms. The summed E-state index contributed by atoms with van der Waals surface area (Å²) in [6, 6.07) is 9.32. The molecule has 120 valence electrons. The average molecular weight is 353 g/mol. The van der Waals surface area contributed by atoms with E-state index in [2.05, 4.69) is 0 Å². The lowest BCUT2D eigenvalue weighted by Gasteiger charge is -2.34. The van der Waals surface area contributed by atoms with Gasteiger partial charge in [-0.2, -0.15) is 0 Å². The molecule has 2 amide bonds. The number of thiophene rings is 1. The number of benzene rings is 1. The van der Waals surface area contributed by atoms with Crippen molar-refractivity contribution in [2.45, 2.75) is 0 Å². The molecule has 7 heteroatoms. The van der Waals surface area contributed by atoms with Gasteiger partial charge in [-0.1, -0.05) is 23.7 Å². The molecule has 0 saturated carbocycles. The summed E-state index contributed by atoms with van der Waals surface area (Å²) in [5.41, 5.74) is 0.0670. The molecule has 1 aliphatic rings. The highest BCUT2D eigenvalue weighted by Gasteiger charge is 2.27. The van der Waals surface area contributed by atoms with E-state index in [0.29, 0.717) is 35.4 Å². The molecule has 0 radical (unpaired) electrons. The molecule has 1 fully saturated rings. The third kappa shape index (κ3) is 3.38. The Kier molecular flexibility index (Phi) is 4.63. The number of hydrogen-bond acceptors (Lipinski definition) is 3. The van der Waals surface area contributed by atoms with Crippen molar-refractivity contribution in [2.24, 2.45) is 0 Å². The topological polar surface area (TPSA) is 40.6 Å². The molecule has 0 unspecified atom stereocenters. The predicted octanol–water partition coefficient (Wildman–Crippen LogP) is 3.14. The maximum atomic E-state index is 13.7. The SMILES string of the molecule is O=C(c1ccc(Cl)s1)N1CCN(C(=O)c2ccccc2F)CC1. The zero-order valence-electron chi connectivity index (χ0n) is 12.2. The first kappa shape index (κ1) is 16.0. The Hall–Kier alpha value is -1.92. The van der Waals surface area contributed by atoms with Gasteiger partial charge >= 0.3 is 0 Å². The van der Waals surface area contributed by atoms with Gasteiger partial charge in [0.05, 0.1) is 14.8 Å². The lowest BCUT2D eigenvalue weighted by molar-refractivity contribution is 0.0535. The molecule has 0 N–H and O–H groups in total. The number of piperazine rings is 1. The summed E-state index contributed by atoms with van der Waals surface area (Å²) in [5.74, 6) is -0.946. The van der Waals surface area contributed by atoms with E-state index in [0.717, 1.165) is 0 Å². The van der Waals surface area contributed by atoms with E-state index < -0.39 is 5.82 Å². The Morgan fingerprint density at radius 2 is 1.57 bits per heavy atom. The van der Waals surface area contributed by atoms with Gasteiger partial charge in [0.25, 0.3) is 11.8 Å². The van der Waals surface area contributed by atoms with Crippen molar-refractivity contribution in [1.82, 2.24) is 9.80 Å². The number of rotatable bonds is 2. The Morgan fingerprint density at radius 1 is 0.957 bits per heavy atom. The minimum absolute atomic E-state index is 0.0670. The molecule has 2 heterocycles. The van der Waals surface area contributed by atoms with Crippen LogP contribution in [0, 0.1) is 5.82 Å². The molecular formula is C16H14ClFN2O2S. The largest absolute Gasteiger partial charge is 0.335 e. The molecule has 0 aliphatic carbocycles. The van der Waals surface area contributed by atoms with Crippen LogP contribution in [0.4, 0.5) is 4.39 Å². The quantitative estimate of drug-likeness (QED) is 0.833. The molecule has 1 aliphatic heterocycles. The second kappa shape index (κ2) is 6.68. The number of carbonyl (C=O) groups excluding carboxylic acids is 2. The maximum absolute atomic E-state index is 13.7. The van der Waals surface area contributed by atoms with Crippen LogP contribution in [-0.2, 0) is 0 Å². The standard InChI is InChI=1S/C16H14ClFN2O2S/c17-14-6-5-13(23-14)16(22)20-9-7-19(8-10-20)15(21)11-3-1-2-4-12(11)18/h1-6H,7-10H2. The second-order valence-corrected chi connectivity index (χ2v) is 6.88. The van der Waals surface area contributed by atoms with E-state index >= 15 is 0 Å². The fraction of sp³-hybridized carbons (Fsp3) is 0.250. The fourth-order valence-corrected chi connectivity index (χ4v) is 3.51. The van der Waals surface area contributed by atoms with Gasteiger partial charge in [-0.15, -0.1) is 11.3 Å². The van der Waals surface area contributed by atoms with Crippen LogP contribution in [0.5, 0.6) is 0 Å². The molecule has 0 bridgehead atoms. The molecule has 1 saturated heterocycles. The first-order chi connectivity index (χ1) is 11.1. The van der Waals surface area contributed by atoms with Crippen LogP contribution >= 0.6 is 22.9 Å². The lowest BCUT2D eigenvalue weighted by Crippen LogP contribution is -2.50. The van der Waals surface area contributed by atoms with Gasteiger partial charge in [-0.05, 0) is 24.3 Å². The van der Waals surface area contributed by atoms with E-state index in [4.69, 9.17) is 11.6 Å². The van der Waals surface area contributed by atoms with Crippen molar-refractivity contribution >= 4 is 34.8 Å². The number of carbonyl (C=O) groups is 2. The monoisotopic (exact) mass is 352 g/mol. The van der Waals surface area contributed by atoms with Crippen molar-refractivity contribution in [2.75, 3.05) is 26.2 Å². The Morgan fingerprint density at radius 3 is 2.13 bits per heavy atom. The van der Waals surface area contributed by atoms with Gasteiger partial charge in [0.15, 0.2) is 0 Å². The van der Waals surface area contributed by atoms with Gasteiger partial charge in [-0.25, -0.2) is 4.39 Å². The van der Waals surface area contributed by atoms with Crippen LogP contribution in [0.1, 0.15) is 20.0 Å². The number of halogens is 2. The highest BCUT2D eigenvalue weighted by atomic mass is 35.5. The second-order valence-electron chi connectivity index (χ2n) is 5.17. The number of nitrogens with zero attached hydrogens (tertiary/aromatic N) is 2. The van der Waals surface area contributed by atoms with Crippen molar-refractivity contribution in [3.8, 4) is 0 Å². The van der Waals surface area contributed by atoms with Crippen LogP contribution in [0.15, 0.2) is 36.4 Å².